The quantitative estimate of drug-likeness (QED) is 0.651. The summed E-state index contributed by atoms with van der Waals surface area (Å²) in [5.74, 6) is 0.843. The molecule has 126 valence electrons. The maximum Gasteiger partial charge on any atom is 0.317 e. The Morgan fingerprint density at radius 1 is 1.25 bits per heavy atom. The zero-order valence-corrected chi connectivity index (χ0v) is 13.2. The molecule has 1 aromatic heterocycles. The highest BCUT2D eigenvalue weighted by Gasteiger charge is 2.20. The topological polar surface area (TPSA) is 123 Å². The lowest BCUT2D eigenvalue weighted by atomic mass is 9.86. The molecule has 0 radical (unpaired) electrons. The second-order valence-corrected chi connectivity index (χ2v) is 5.93. The summed E-state index contributed by atoms with van der Waals surface area (Å²) in [5, 5.41) is 2.37. The van der Waals surface area contributed by atoms with Gasteiger partial charge in [-0.05, 0) is 37.0 Å². The van der Waals surface area contributed by atoms with Crippen molar-refractivity contribution >= 4 is 17.8 Å². The monoisotopic (exact) mass is 328 g/mol. The van der Waals surface area contributed by atoms with Crippen molar-refractivity contribution in [2.45, 2.75) is 19.3 Å². The fourth-order valence-electron chi connectivity index (χ4n) is 2.70. The van der Waals surface area contributed by atoms with Crippen LogP contribution in [-0.2, 0) is 0 Å². The second kappa shape index (κ2) is 6.66. The average molecular weight is 328 g/mol. The molecule has 0 bridgehead atoms. The lowest BCUT2D eigenvalue weighted by Gasteiger charge is -2.25. The largest absolute Gasteiger partial charge is 0.493 e. The molecule has 0 atom stereocenters. The lowest BCUT2D eigenvalue weighted by molar-refractivity contribution is 0.100. The number of rotatable bonds is 6. The van der Waals surface area contributed by atoms with Crippen LogP contribution >= 0.6 is 0 Å². The van der Waals surface area contributed by atoms with E-state index in [1.165, 1.54) is 19.3 Å². The van der Waals surface area contributed by atoms with E-state index in [0.29, 0.717) is 24.0 Å². The first kappa shape index (κ1) is 15.9. The zero-order chi connectivity index (χ0) is 17.1. The first-order valence-electron chi connectivity index (χ1n) is 7.86. The number of nitrogens with one attached hydrogen (secondary N) is 2. The third-order valence-electron chi connectivity index (χ3n) is 4.21. The summed E-state index contributed by atoms with van der Waals surface area (Å²) in [6.45, 7) is 0.673. The molecule has 24 heavy (non-hydrogen) atoms. The molecule has 1 aliphatic carbocycles. The Balaban J connectivity index is 1.90. The van der Waals surface area contributed by atoms with E-state index in [1.54, 1.807) is 6.07 Å². The Kier molecular flexibility index (Phi) is 4.41. The number of primary amides is 2. The molecule has 1 aliphatic rings. The highest BCUT2D eigenvalue weighted by Crippen LogP contribution is 2.34. The van der Waals surface area contributed by atoms with Crippen molar-refractivity contribution < 1.29 is 14.3 Å². The predicted octanol–water partition coefficient (Wildman–Crippen LogP) is 2.45. The zero-order valence-electron chi connectivity index (χ0n) is 13.2. The molecular formula is C17H20N4O3. The van der Waals surface area contributed by atoms with Crippen molar-refractivity contribution in [1.82, 2.24) is 4.98 Å². The Labute approximate surface area is 139 Å². The molecule has 1 saturated carbocycles. The van der Waals surface area contributed by atoms with Crippen LogP contribution in [0.5, 0.6) is 5.75 Å². The van der Waals surface area contributed by atoms with Gasteiger partial charge in [0.05, 0.1) is 17.9 Å². The summed E-state index contributed by atoms with van der Waals surface area (Å²) >= 11 is 0. The molecule has 0 aliphatic heterocycles. The van der Waals surface area contributed by atoms with Crippen molar-refractivity contribution in [3.05, 3.63) is 35.9 Å². The van der Waals surface area contributed by atoms with Crippen LogP contribution in [0.4, 0.5) is 10.6 Å². The molecule has 7 heteroatoms. The fourth-order valence-corrected chi connectivity index (χ4v) is 2.70. The number of hydrogen-bond acceptors (Lipinski definition) is 3. The Hall–Kier alpha value is -2.96. The van der Waals surface area contributed by atoms with Gasteiger partial charge < -0.3 is 21.2 Å². The van der Waals surface area contributed by atoms with Crippen molar-refractivity contribution in [3.63, 3.8) is 0 Å². The van der Waals surface area contributed by atoms with Gasteiger partial charge in [-0.15, -0.1) is 0 Å². The van der Waals surface area contributed by atoms with Crippen LogP contribution in [0, 0.1) is 5.92 Å². The van der Waals surface area contributed by atoms with Gasteiger partial charge in [-0.2, -0.15) is 0 Å². The normalized spacial score (nSPS) is 14.0. The number of anilines is 1. The number of amides is 3. The van der Waals surface area contributed by atoms with E-state index in [0.717, 1.165) is 5.56 Å². The number of aromatic amines is 1. The second-order valence-electron chi connectivity index (χ2n) is 5.93. The Morgan fingerprint density at radius 2 is 2.00 bits per heavy atom. The molecule has 2 aromatic rings. The molecule has 3 rings (SSSR count). The van der Waals surface area contributed by atoms with Gasteiger partial charge in [-0.3, -0.25) is 10.1 Å². The van der Waals surface area contributed by atoms with Gasteiger partial charge in [0, 0.05) is 5.56 Å². The molecule has 7 nitrogen and oxygen atoms in total. The fraction of sp³-hybridized carbons (Fsp3) is 0.294. The lowest BCUT2D eigenvalue weighted by Crippen LogP contribution is -2.22. The van der Waals surface area contributed by atoms with Crippen LogP contribution in [0.25, 0.3) is 11.3 Å². The number of para-hydroxylation sites is 1. The van der Waals surface area contributed by atoms with Crippen LogP contribution in [-0.4, -0.2) is 23.5 Å². The number of carbonyl (C=O) groups is 2. The van der Waals surface area contributed by atoms with Crippen molar-refractivity contribution in [2.24, 2.45) is 17.4 Å². The van der Waals surface area contributed by atoms with E-state index in [4.69, 9.17) is 16.2 Å². The van der Waals surface area contributed by atoms with Gasteiger partial charge >= 0.3 is 6.03 Å². The standard InChI is InChI=1S/C17H20N4O3/c18-15(22)12-8-13(20-16(12)21-17(19)23)11-6-1-2-7-14(11)24-9-10-4-3-5-10/h1-2,6-8,10,20H,3-5,9H2,(H2,18,22)(H3,19,21,23). The smallest absolute Gasteiger partial charge is 0.317 e. The van der Waals surface area contributed by atoms with Gasteiger partial charge in [-0.1, -0.05) is 18.6 Å². The molecule has 0 spiro atoms. The molecule has 3 amide bonds. The van der Waals surface area contributed by atoms with Gasteiger partial charge in [0.15, 0.2) is 0 Å². The van der Waals surface area contributed by atoms with Crippen molar-refractivity contribution in [2.75, 3.05) is 11.9 Å². The van der Waals surface area contributed by atoms with E-state index in [2.05, 4.69) is 10.3 Å². The summed E-state index contributed by atoms with van der Waals surface area (Å²) < 4.78 is 5.94. The predicted molar refractivity (Wildman–Crippen MR) is 90.8 cm³/mol. The van der Waals surface area contributed by atoms with Crippen LogP contribution in [0.15, 0.2) is 30.3 Å². The first-order valence-corrected chi connectivity index (χ1v) is 7.86. The van der Waals surface area contributed by atoms with Crippen molar-refractivity contribution in [1.29, 1.82) is 0 Å². The van der Waals surface area contributed by atoms with Gasteiger partial charge in [0.25, 0.3) is 5.91 Å². The summed E-state index contributed by atoms with van der Waals surface area (Å²) in [7, 11) is 0. The third-order valence-corrected chi connectivity index (χ3v) is 4.21. The van der Waals surface area contributed by atoms with E-state index < -0.39 is 11.9 Å². The SMILES string of the molecule is NC(=O)Nc1[nH]c(-c2ccccc2OCC2CCC2)cc1C(N)=O. The minimum atomic E-state index is -0.777. The number of urea groups is 1. The van der Waals surface area contributed by atoms with Crippen LogP contribution in [0.3, 0.4) is 0 Å². The number of carbonyl (C=O) groups excluding carboxylic acids is 2. The molecule has 0 saturated heterocycles. The molecule has 1 aromatic carbocycles. The van der Waals surface area contributed by atoms with E-state index in [-0.39, 0.29) is 11.4 Å². The van der Waals surface area contributed by atoms with Crippen molar-refractivity contribution in [3.8, 4) is 17.0 Å². The average Bonchev–Trinajstić information content (AvgIpc) is 2.89. The van der Waals surface area contributed by atoms with E-state index in [1.807, 2.05) is 24.3 Å². The van der Waals surface area contributed by atoms with E-state index >= 15 is 0 Å². The minimum Gasteiger partial charge on any atom is -0.493 e. The molecule has 1 fully saturated rings. The molecular weight excluding hydrogens is 308 g/mol. The Bertz CT molecular complexity index is 765. The maximum absolute atomic E-state index is 11.6. The minimum absolute atomic E-state index is 0.164. The molecule has 0 unspecified atom stereocenters. The number of benzene rings is 1. The van der Waals surface area contributed by atoms with Gasteiger partial charge in [0.1, 0.15) is 11.6 Å². The van der Waals surface area contributed by atoms with Crippen LogP contribution < -0.4 is 21.5 Å². The van der Waals surface area contributed by atoms with E-state index in [9.17, 15) is 9.59 Å². The number of ether oxygens (including phenoxy) is 1. The number of nitrogens with two attached hydrogens (primary N) is 2. The number of hydrogen-bond donors (Lipinski definition) is 4. The highest BCUT2D eigenvalue weighted by molar-refractivity contribution is 6.03. The summed E-state index contributed by atoms with van der Waals surface area (Å²) in [6.07, 6.45) is 3.66. The first-order chi connectivity index (χ1) is 11.5. The van der Waals surface area contributed by atoms with Crippen LogP contribution in [0.2, 0.25) is 0 Å². The Morgan fingerprint density at radius 3 is 2.62 bits per heavy atom. The number of H-pyrrole nitrogens is 1. The summed E-state index contributed by atoms with van der Waals surface area (Å²) in [4.78, 5) is 25.6. The molecule has 6 N–H and O–H groups in total. The maximum atomic E-state index is 11.6. The van der Waals surface area contributed by atoms with Crippen LogP contribution in [0.1, 0.15) is 29.6 Å². The van der Waals surface area contributed by atoms with Gasteiger partial charge in [-0.25, -0.2) is 4.79 Å². The number of aromatic nitrogens is 1. The third kappa shape index (κ3) is 3.34. The highest BCUT2D eigenvalue weighted by atomic mass is 16.5. The van der Waals surface area contributed by atoms with Gasteiger partial charge in [0.2, 0.25) is 0 Å². The molecule has 1 heterocycles. The summed E-state index contributed by atoms with van der Waals surface area (Å²) in [5.41, 5.74) is 12.1. The summed E-state index contributed by atoms with van der Waals surface area (Å²) in [6, 6.07) is 8.32.